The first-order valence-electron chi connectivity index (χ1n) is 6.05. The summed E-state index contributed by atoms with van der Waals surface area (Å²) in [6.07, 6.45) is 2.95. The maximum absolute atomic E-state index is 11.9. The molecule has 0 aliphatic rings. The predicted molar refractivity (Wildman–Crippen MR) is 70.7 cm³/mol. The summed E-state index contributed by atoms with van der Waals surface area (Å²) in [6.45, 7) is 5.89. The van der Waals surface area contributed by atoms with E-state index in [1.54, 1.807) is 13.1 Å². The summed E-state index contributed by atoms with van der Waals surface area (Å²) in [5, 5.41) is 0. The highest BCUT2D eigenvalue weighted by Crippen LogP contribution is 2.24. The molecule has 0 aromatic carbocycles. The van der Waals surface area contributed by atoms with E-state index in [1.807, 2.05) is 26.0 Å². The fourth-order valence-electron chi connectivity index (χ4n) is 1.86. The molecule has 2 rings (SSSR count). The highest BCUT2D eigenvalue weighted by atomic mass is 16.5. The van der Waals surface area contributed by atoms with E-state index < -0.39 is 5.97 Å². The second-order valence-corrected chi connectivity index (χ2v) is 4.09. The van der Waals surface area contributed by atoms with Gasteiger partial charge in [-0.1, -0.05) is 6.07 Å². The Morgan fingerprint density at radius 1 is 1.26 bits per heavy atom. The molecule has 19 heavy (non-hydrogen) atoms. The highest BCUT2D eigenvalue weighted by molar-refractivity contribution is 5.95. The molecule has 0 atom stereocenters. The van der Waals surface area contributed by atoms with Gasteiger partial charge in [-0.2, -0.15) is 0 Å². The van der Waals surface area contributed by atoms with Crippen molar-refractivity contribution in [2.45, 2.75) is 20.8 Å². The molecule has 98 valence electrons. The van der Waals surface area contributed by atoms with Crippen LogP contribution in [-0.4, -0.2) is 27.5 Å². The van der Waals surface area contributed by atoms with Crippen LogP contribution in [-0.2, 0) is 4.74 Å². The van der Waals surface area contributed by atoms with Gasteiger partial charge in [-0.15, -0.1) is 0 Å². The fraction of sp³-hybridized carbons (Fsp3) is 0.286. The molecule has 0 aliphatic carbocycles. The molecule has 0 bridgehead atoms. The van der Waals surface area contributed by atoms with Crippen LogP contribution in [0.5, 0.6) is 0 Å². The topological polar surface area (TPSA) is 65.0 Å². The van der Waals surface area contributed by atoms with Gasteiger partial charge in [0.25, 0.3) is 0 Å². The maximum Gasteiger partial charge on any atom is 0.357 e. The van der Waals surface area contributed by atoms with Crippen molar-refractivity contribution in [2.75, 3.05) is 6.61 Å². The quantitative estimate of drug-likeness (QED) is 0.789. The summed E-state index contributed by atoms with van der Waals surface area (Å²) in [5.41, 5.74) is 3.52. The van der Waals surface area contributed by atoms with Gasteiger partial charge in [-0.05, 0) is 26.8 Å². The lowest BCUT2D eigenvalue weighted by Gasteiger charge is -2.09. The Bertz CT molecular complexity index is 611. The van der Waals surface area contributed by atoms with Crippen molar-refractivity contribution < 1.29 is 9.53 Å². The molecule has 0 saturated carbocycles. The van der Waals surface area contributed by atoms with Gasteiger partial charge in [0.2, 0.25) is 0 Å². The van der Waals surface area contributed by atoms with Crippen LogP contribution in [0, 0.1) is 13.8 Å². The Hall–Kier alpha value is -2.30. The Morgan fingerprint density at radius 3 is 2.74 bits per heavy atom. The van der Waals surface area contributed by atoms with Crippen molar-refractivity contribution in [2.24, 2.45) is 0 Å². The molecule has 0 aliphatic heterocycles. The number of carbonyl (C=O) groups excluding carboxylic acids is 1. The van der Waals surface area contributed by atoms with Crippen molar-refractivity contribution in [3.63, 3.8) is 0 Å². The zero-order valence-corrected chi connectivity index (χ0v) is 11.2. The van der Waals surface area contributed by atoms with Gasteiger partial charge < -0.3 is 4.74 Å². The molecule has 0 fully saturated rings. The lowest BCUT2D eigenvalue weighted by Crippen LogP contribution is -2.10. The summed E-state index contributed by atoms with van der Waals surface area (Å²) >= 11 is 0. The SMILES string of the molecule is CCOC(=O)c1ncncc1-c1ccc(C)nc1C. The van der Waals surface area contributed by atoms with Gasteiger partial charge in [0.05, 0.1) is 6.61 Å². The minimum atomic E-state index is -0.445. The van der Waals surface area contributed by atoms with E-state index in [2.05, 4.69) is 15.0 Å². The number of aryl methyl sites for hydroxylation is 2. The largest absolute Gasteiger partial charge is 0.461 e. The summed E-state index contributed by atoms with van der Waals surface area (Å²) in [5.74, 6) is -0.445. The summed E-state index contributed by atoms with van der Waals surface area (Å²) in [6, 6.07) is 3.81. The molecular formula is C14H15N3O2. The summed E-state index contributed by atoms with van der Waals surface area (Å²) < 4.78 is 5.00. The minimum Gasteiger partial charge on any atom is -0.461 e. The number of rotatable bonds is 3. The number of nitrogens with zero attached hydrogens (tertiary/aromatic N) is 3. The number of ether oxygens (including phenoxy) is 1. The van der Waals surface area contributed by atoms with Crippen LogP contribution < -0.4 is 0 Å². The third kappa shape index (κ3) is 2.76. The monoisotopic (exact) mass is 257 g/mol. The van der Waals surface area contributed by atoms with Gasteiger partial charge in [0.1, 0.15) is 6.33 Å². The van der Waals surface area contributed by atoms with E-state index in [0.29, 0.717) is 12.2 Å². The molecule has 5 nitrogen and oxygen atoms in total. The number of pyridine rings is 1. The Morgan fingerprint density at radius 2 is 2.05 bits per heavy atom. The fourth-order valence-corrected chi connectivity index (χ4v) is 1.86. The van der Waals surface area contributed by atoms with E-state index in [4.69, 9.17) is 4.74 Å². The van der Waals surface area contributed by atoms with Crippen molar-refractivity contribution in [1.29, 1.82) is 0 Å². The molecule has 2 heterocycles. The van der Waals surface area contributed by atoms with Crippen LogP contribution in [0.25, 0.3) is 11.1 Å². The van der Waals surface area contributed by atoms with E-state index >= 15 is 0 Å². The lowest BCUT2D eigenvalue weighted by molar-refractivity contribution is 0.0520. The van der Waals surface area contributed by atoms with Crippen LogP contribution in [0.3, 0.4) is 0 Å². The Kier molecular flexibility index (Phi) is 3.85. The average Bonchev–Trinajstić information content (AvgIpc) is 2.39. The first-order valence-corrected chi connectivity index (χ1v) is 6.05. The Labute approximate surface area is 111 Å². The third-order valence-corrected chi connectivity index (χ3v) is 2.70. The van der Waals surface area contributed by atoms with E-state index in [-0.39, 0.29) is 5.69 Å². The van der Waals surface area contributed by atoms with Crippen molar-refractivity contribution >= 4 is 5.97 Å². The number of esters is 1. The number of hydrogen-bond acceptors (Lipinski definition) is 5. The van der Waals surface area contributed by atoms with Gasteiger partial charge in [0.15, 0.2) is 5.69 Å². The van der Waals surface area contributed by atoms with Gasteiger partial charge >= 0.3 is 5.97 Å². The van der Waals surface area contributed by atoms with Gasteiger partial charge in [-0.25, -0.2) is 14.8 Å². The molecule has 0 amide bonds. The van der Waals surface area contributed by atoms with Crippen LogP contribution in [0.4, 0.5) is 0 Å². The number of aromatic nitrogens is 3. The van der Waals surface area contributed by atoms with Gasteiger partial charge in [0, 0.05) is 28.7 Å². The van der Waals surface area contributed by atoms with Crippen LogP contribution in [0.2, 0.25) is 0 Å². The normalized spacial score (nSPS) is 10.3. The lowest BCUT2D eigenvalue weighted by atomic mass is 10.0. The second kappa shape index (κ2) is 5.56. The number of hydrogen-bond donors (Lipinski definition) is 0. The van der Waals surface area contributed by atoms with Gasteiger partial charge in [-0.3, -0.25) is 4.98 Å². The van der Waals surface area contributed by atoms with E-state index in [1.165, 1.54) is 6.33 Å². The molecule has 5 heteroatoms. The summed E-state index contributed by atoms with van der Waals surface area (Å²) in [7, 11) is 0. The second-order valence-electron chi connectivity index (χ2n) is 4.09. The smallest absolute Gasteiger partial charge is 0.357 e. The molecule has 0 radical (unpaired) electrons. The summed E-state index contributed by atoms with van der Waals surface area (Å²) in [4.78, 5) is 24.3. The van der Waals surface area contributed by atoms with E-state index in [9.17, 15) is 4.79 Å². The van der Waals surface area contributed by atoms with Crippen molar-refractivity contribution in [3.05, 3.63) is 41.7 Å². The number of carbonyl (C=O) groups is 1. The molecule has 0 N–H and O–H groups in total. The molecule has 2 aromatic heterocycles. The zero-order chi connectivity index (χ0) is 13.8. The van der Waals surface area contributed by atoms with Crippen LogP contribution in [0.15, 0.2) is 24.7 Å². The van der Waals surface area contributed by atoms with Crippen molar-refractivity contribution in [1.82, 2.24) is 15.0 Å². The maximum atomic E-state index is 11.9. The highest BCUT2D eigenvalue weighted by Gasteiger charge is 2.17. The molecule has 0 spiro atoms. The third-order valence-electron chi connectivity index (χ3n) is 2.70. The van der Waals surface area contributed by atoms with Crippen LogP contribution >= 0.6 is 0 Å². The Balaban J connectivity index is 2.53. The molecular weight excluding hydrogens is 242 g/mol. The standard InChI is InChI=1S/C14H15N3O2/c1-4-19-14(18)13-12(7-15-8-16-13)11-6-5-9(2)17-10(11)3/h5-8H,4H2,1-3H3. The van der Waals surface area contributed by atoms with E-state index in [0.717, 1.165) is 17.0 Å². The minimum absolute atomic E-state index is 0.269. The molecule has 2 aromatic rings. The molecule has 0 unspecified atom stereocenters. The average molecular weight is 257 g/mol. The first-order chi connectivity index (χ1) is 9.13. The molecule has 0 saturated heterocycles. The van der Waals surface area contributed by atoms with Crippen molar-refractivity contribution in [3.8, 4) is 11.1 Å². The predicted octanol–water partition coefficient (Wildman–Crippen LogP) is 2.33. The first kappa shape index (κ1) is 13.1. The zero-order valence-electron chi connectivity index (χ0n) is 11.2. The van der Waals surface area contributed by atoms with Crippen LogP contribution in [0.1, 0.15) is 28.8 Å².